The molecule has 2 aromatic heterocycles. The van der Waals surface area contributed by atoms with Gasteiger partial charge in [-0.3, -0.25) is 0 Å². The quantitative estimate of drug-likeness (QED) is 0.396. The van der Waals surface area contributed by atoms with Crippen LogP contribution in [0.3, 0.4) is 0 Å². The lowest BCUT2D eigenvalue weighted by atomic mass is 9.76. The normalized spacial score (nSPS) is 14.2. The van der Waals surface area contributed by atoms with Crippen molar-refractivity contribution < 1.29 is 9.21 Å². The van der Waals surface area contributed by atoms with Gasteiger partial charge >= 0.3 is 0 Å². The van der Waals surface area contributed by atoms with Gasteiger partial charge in [0.1, 0.15) is 35.1 Å². The van der Waals surface area contributed by atoms with Crippen molar-refractivity contribution >= 4 is 35.0 Å². The first-order valence-corrected chi connectivity index (χ1v) is 10.9. The minimum absolute atomic E-state index is 0.386. The summed E-state index contributed by atoms with van der Waals surface area (Å²) in [7, 11) is 1.86. The Morgan fingerprint density at radius 1 is 1.19 bits per heavy atom. The molecule has 6 nitrogen and oxygen atoms in total. The van der Waals surface area contributed by atoms with Crippen molar-refractivity contribution in [1.29, 1.82) is 5.26 Å². The summed E-state index contributed by atoms with van der Waals surface area (Å²) in [5.41, 5.74) is 3.07. The smallest absolute Gasteiger partial charge is 0.181 e. The summed E-state index contributed by atoms with van der Waals surface area (Å²) in [6.45, 7) is 3.76. The third-order valence-corrected chi connectivity index (χ3v) is 6.53. The molecule has 2 heterocycles. The van der Waals surface area contributed by atoms with Crippen LogP contribution in [0.15, 0.2) is 53.1 Å². The van der Waals surface area contributed by atoms with E-state index in [1.165, 1.54) is 0 Å². The molecule has 0 aliphatic heterocycles. The summed E-state index contributed by atoms with van der Waals surface area (Å²) < 4.78 is 5.73. The van der Waals surface area contributed by atoms with Crippen LogP contribution in [0.5, 0.6) is 0 Å². The monoisotopic (exact) mass is 444 g/mol. The van der Waals surface area contributed by atoms with Gasteiger partial charge < -0.3 is 19.0 Å². The number of thiocarbonyl (C=S) groups is 1. The highest BCUT2D eigenvalue weighted by Gasteiger charge is 2.45. The van der Waals surface area contributed by atoms with E-state index in [0.29, 0.717) is 10.8 Å². The van der Waals surface area contributed by atoms with Gasteiger partial charge in [-0.25, -0.2) is 4.98 Å². The van der Waals surface area contributed by atoms with Crippen molar-refractivity contribution in [1.82, 2.24) is 4.98 Å². The second-order valence-corrected chi connectivity index (χ2v) is 8.55. The van der Waals surface area contributed by atoms with Gasteiger partial charge in [0.05, 0.1) is 11.9 Å². The molecule has 1 aliphatic carbocycles. The fourth-order valence-corrected chi connectivity index (χ4v) is 4.37. The number of rotatable bonds is 5. The van der Waals surface area contributed by atoms with E-state index in [1.807, 2.05) is 73.2 Å². The maximum Gasteiger partial charge on any atom is 0.181 e. The lowest BCUT2D eigenvalue weighted by Crippen LogP contribution is -2.60. The summed E-state index contributed by atoms with van der Waals surface area (Å²) in [6, 6.07) is 15.7. The second kappa shape index (κ2) is 8.56. The first-order valence-electron chi connectivity index (χ1n) is 10.5. The Bertz CT molecular complexity index is 1210. The molecule has 4 rings (SSSR count). The third-order valence-electron chi connectivity index (χ3n) is 6.07. The number of aryl methyl sites for hydroxylation is 2. The number of nitriles is 1. The highest BCUT2D eigenvalue weighted by Crippen LogP contribution is 2.40. The number of benzene rings is 1. The molecule has 0 spiro atoms. The SMILES string of the molecule is Cc1ccc(-c2ccc(N(C(=S)N(C)c3cnc(C#N)c(C)c3)C3(C=O)CCC3)cc2)o1. The summed E-state index contributed by atoms with van der Waals surface area (Å²) in [4.78, 5) is 20.3. The van der Waals surface area contributed by atoms with E-state index < -0.39 is 5.54 Å². The highest BCUT2D eigenvalue weighted by molar-refractivity contribution is 7.80. The molecular formula is C25H24N4O2S. The van der Waals surface area contributed by atoms with E-state index in [9.17, 15) is 10.1 Å². The number of carbonyl (C=O) groups is 1. The van der Waals surface area contributed by atoms with Crippen LogP contribution in [-0.2, 0) is 4.79 Å². The van der Waals surface area contributed by atoms with Crippen LogP contribution < -0.4 is 9.80 Å². The first kappa shape index (κ1) is 21.7. The molecule has 0 radical (unpaired) electrons. The fourth-order valence-electron chi connectivity index (χ4n) is 3.98. The number of pyridine rings is 1. The molecule has 7 heteroatoms. The van der Waals surface area contributed by atoms with E-state index >= 15 is 0 Å². The van der Waals surface area contributed by atoms with Crippen molar-refractivity contribution in [2.75, 3.05) is 16.8 Å². The number of aldehydes is 1. The number of nitrogens with zero attached hydrogens (tertiary/aromatic N) is 4. The number of anilines is 2. The average molecular weight is 445 g/mol. The lowest BCUT2D eigenvalue weighted by molar-refractivity contribution is -0.114. The van der Waals surface area contributed by atoms with Gasteiger partial charge in [0.25, 0.3) is 0 Å². The largest absolute Gasteiger partial charge is 0.461 e. The van der Waals surface area contributed by atoms with Crippen LogP contribution in [0.2, 0.25) is 0 Å². The van der Waals surface area contributed by atoms with Gasteiger partial charge in [-0.1, -0.05) is 0 Å². The Morgan fingerprint density at radius 2 is 1.91 bits per heavy atom. The number of carbonyl (C=O) groups excluding carboxylic acids is 1. The third kappa shape index (κ3) is 3.78. The van der Waals surface area contributed by atoms with Gasteiger partial charge in [-0.15, -0.1) is 0 Å². The Hall–Kier alpha value is -3.50. The van der Waals surface area contributed by atoms with Crippen LogP contribution in [0.4, 0.5) is 11.4 Å². The minimum atomic E-state index is -0.663. The molecule has 1 fully saturated rings. The minimum Gasteiger partial charge on any atom is -0.461 e. The number of furan rings is 1. The van der Waals surface area contributed by atoms with Crippen LogP contribution in [0.1, 0.15) is 36.3 Å². The van der Waals surface area contributed by atoms with Crippen LogP contribution >= 0.6 is 12.2 Å². The molecule has 32 heavy (non-hydrogen) atoms. The van der Waals surface area contributed by atoms with Crippen molar-refractivity contribution in [2.45, 2.75) is 38.6 Å². The number of hydrogen-bond acceptors (Lipinski definition) is 5. The molecule has 1 aliphatic rings. The molecular weight excluding hydrogens is 420 g/mol. The van der Waals surface area contributed by atoms with Gasteiger partial charge in [0.2, 0.25) is 0 Å². The molecule has 0 unspecified atom stereocenters. The maximum atomic E-state index is 12.2. The summed E-state index contributed by atoms with van der Waals surface area (Å²) in [5, 5.41) is 9.68. The zero-order valence-electron chi connectivity index (χ0n) is 18.3. The topological polar surface area (TPSA) is 73.4 Å². The molecule has 1 saturated carbocycles. The first-order chi connectivity index (χ1) is 15.4. The average Bonchev–Trinajstić information content (AvgIpc) is 3.21. The molecule has 3 aromatic rings. The maximum absolute atomic E-state index is 12.2. The van der Waals surface area contributed by atoms with E-state index in [1.54, 1.807) is 6.20 Å². The van der Waals surface area contributed by atoms with Gasteiger partial charge in [0, 0.05) is 18.3 Å². The standard InChI is InChI=1S/C25H24N4O2S/c1-17-13-21(15-27-22(17)14-26)28(3)24(32)29(25(16-30)11-4-12-25)20-8-6-19(7-9-20)23-10-5-18(2)31-23/h5-10,13,15-16H,4,11-12H2,1-3H3. The van der Waals surface area contributed by atoms with E-state index in [0.717, 1.165) is 59.6 Å². The number of aromatic nitrogens is 1. The molecule has 0 amide bonds. The fraction of sp³-hybridized carbons (Fsp3) is 0.280. The Labute approximate surface area is 193 Å². The van der Waals surface area contributed by atoms with Crippen molar-refractivity contribution in [2.24, 2.45) is 0 Å². The zero-order chi connectivity index (χ0) is 22.9. The molecule has 0 bridgehead atoms. The summed E-state index contributed by atoms with van der Waals surface area (Å²) in [5.74, 6) is 1.65. The van der Waals surface area contributed by atoms with Crippen LogP contribution in [-0.4, -0.2) is 29.0 Å². The second-order valence-electron chi connectivity index (χ2n) is 8.18. The zero-order valence-corrected chi connectivity index (χ0v) is 19.1. The van der Waals surface area contributed by atoms with Crippen LogP contribution in [0.25, 0.3) is 11.3 Å². The summed E-state index contributed by atoms with van der Waals surface area (Å²) in [6.07, 6.45) is 5.11. The molecule has 1 aromatic carbocycles. The van der Waals surface area contributed by atoms with E-state index in [2.05, 4.69) is 11.1 Å². The Kier molecular flexibility index (Phi) is 5.81. The van der Waals surface area contributed by atoms with Crippen molar-refractivity contribution in [3.63, 3.8) is 0 Å². The summed E-state index contributed by atoms with van der Waals surface area (Å²) >= 11 is 5.89. The van der Waals surface area contributed by atoms with E-state index in [4.69, 9.17) is 16.6 Å². The Balaban J connectivity index is 1.70. The molecule has 162 valence electrons. The van der Waals surface area contributed by atoms with E-state index in [-0.39, 0.29) is 0 Å². The van der Waals surface area contributed by atoms with Crippen molar-refractivity contribution in [3.8, 4) is 17.4 Å². The lowest BCUT2D eigenvalue weighted by Gasteiger charge is -2.48. The van der Waals surface area contributed by atoms with Crippen LogP contribution in [0, 0.1) is 25.2 Å². The van der Waals surface area contributed by atoms with Gasteiger partial charge in [-0.05, 0) is 93.4 Å². The predicted octanol–water partition coefficient (Wildman–Crippen LogP) is 5.18. The Morgan fingerprint density at radius 3 is 2.41 bits per heavy atom. The predicted molar refractivity (Wildman–Crippen MR) is 129 cm³/mol. The molecule has 0 N–H and O–H groups in total. The highest BCUT2D eigenvalue weighted by atomic mass is 32.1. The molecule has 0 saturated heterocycles. The van der Waals surface area contributed by atoms with Gasteiger partial charge in [0.15, 0.2) is 5.11 Å². The van der Waals surface area contributed by atoms with Gasteiger partial charge in [-0.2, -0.15) is 5.26 Å². The van der Waals surface area contributed by atoms with Crippen molar-refractivity contribution in [3.05, 3.63) is 65.7 Å². The molecule has 0 atom stereocenters. The number of hydrogen-bond donors (Lipinski definition) is 0.